The zero-order valence-corrected chi connectivity index (χ0v) is 15.7. The zero-order valence-electron chi connectivity index (χ0n) is 14.0. The van der Waals surface area contributed by atoms with Crippen molar-refractivity contribution in [2.24, 2.45) is 11.1 Å². The van der Waals surface area contributed by atoms with Crippen molar-refractivity contribution in [2.75, 3.05) is 18.8 Å². The molecule has 2 aromatic heterocycles. The molecule has 2 N–H and O–H groups in total. The molecule has 1 amide bonds. The van der Waals surface area contributed by atoms with Gasteiger partial charge in [-0.2, -0.15) is 0 Å². The fourth-order valence-electron chi connectivity index (χ4n) is 2.84. The van der Waals surface area contributed by atoms with E-state index in [-0.39, 0.29) is 17.4 Å². The Hall–Kier alpha value is -1.31. The maximum absolute atomic E-state index is 12.4. The number of piperidine rings is 1. The second-order valence-electron chi connectivity index (χ2n) is 6.85. The summed E-state index contributed by atoms with van der Waals surface area (Å²) in [5.74, 6) is 2.12. The van der Waals surface area contributed by atoms with E-state index in [1.807, 2.05) is 28.5 Å². The van der Waals surface area contributed by atoms with E-state index in [1.165, 1.54) is 0 Å². The van der Waals surface area contributed by atoms with Crippen LogP contribution in [0.1, 0.15) is 26.0 Å². The first-order chi connectivity index (χ1) is 11.5. The lowest BCUT2D eigenvalue weighted by Gasteiger charge is -2.42. The summed E-state index contributed by atoms with van der Waals surface area (Å²) in [7, 11) is 0. The molecule has 24 heavy (non-hydrogen) atoms. The summed E-state index contributed by atoms with van der Waals surface area (Å²) in [6, 6.07) is 6.11. The number of carbonyl (C=O) groups is 1. The highest BCUT2D eigenvalue weighted by molar-refractivity contribution is 7.99. The zero-order chi connectivity index (χ0) is 17.2. The Bertz CT molecular complexity index is 682. The van der Waals surface area contributed by atoms with Gasteiger partial charge in [0.25, 0.3) is 0 Å². The number of thiophene rings is 1. The first-order valence-corrected chi connectivity index (χ1v) is 10.1. The third kappa shape index (κ3) is 4.02. The van der Waals surface area contributed by atoms with Crippen LogP contribution in [-0.2, 0) is 10.5 Å². The molecule has 2 aromatic rings. The maximum atomic E-state index is 12.4. The van der Waals surface area contributed by atoms with Crippen molar-refractivity contribution < 1.29 is 9.32 Å². The second-order valence-corrected chi connectivity index (χ2v) is 8.78. The lowest BCUT2D eigenvalue weighted by molar-refractivity contribution is -0.131. The summed E-state index contributed by atoms with van der Waals surface area (Å²) in [6.07, 6.45) is 0.872. The van der Waals surface area contributed by atoms with Crippen LogP contribution in [-0.4, -0.2) is 40.8 Å². The molecule has 1 saturated heterocycles. The molecular formula is C17H23N3O2S2. The molecule has 5 nitrogen and oxygen atoms in total. The summed E-state index contributed by atoms with van der Waals surface area (Å²) >= 11 is 3.20. The maximum Gasteiger partial charge on any atom is 0.232 e. The van der Waals surface area contributed by atoms with Crippen LogP contribution in [0.4, 0.5) is 0 Å². The Labute approximate surface area is 150 Å². The van der Waals surface area contributed by atoms with Crippen LogP contribution in [0.5, 0.6) is 0 Å². The van der Waals surface area contributed by atoms with Crippen LogP contribution in [0.2, 0.25) is 0 Å². The molecule has 1 aliphatic rings. The summed E-state index contributed by atoms with van der Waals surface area (Å²) < 4.78 is 5.36. The van der Waals surface area contributed by atoms with Crippen molar-refractivity contribution in [3.05, 3.63) is 29.3 Å². The summed E-state index contributed by atoms with van der Waals surface area (Å²) in [5.41, 5.74) is 6.99. The van der Waals surface area contributed by atoms with E-state index in [0.717, 1.165) is 35.8 Å². The molecule has 1 atom stereocenters. The Morgan fingerprint density at radius 3 is 3.12 bits per heavy atom. The monoisotopic (exact) mass is 365 g/mol. The van der Waals surface area contributed by atoms with E-state index in [4.69, 9.17) is 10.3 Å². The van der Waals surface area contributed by atoms with Crippen LogP contribution in [0.25, 0.3) is 10.6 Å². The Balaban J connectivity index is 1.47. The number of nitrogens with zero attached hydrogens (tertiary/aromatic N) is 2. The SMILES string of the molecule is CC1(C)CN(C(=O)CSCc2cc(-c3cccs3)on2)CCC1N. The topological polar surface area (TPSA) is 72.4 Å². The van der Waals surface area contributed by atoms with Crippen LogP contribution in [0.15, 0.2) is 28.1 Å². The van der Waals surface area contributed by atoms with Gasteiger partial charge in [-0.15, -0.1) is 23.1 Å². The van der Waals surface area contributed by atoms with Crippen molar-refractivity contribution in [2.45, 2.75) is 32.1 Å². The predicted octanol–water partition coefficient (Wildman–Crippen LogP) is 3.22. The van der Waals surface area contributed by atoms with Gasteiger partial charge in [-0.3, -0.25) is 4.79 Å². The van der Waals surface area contributed by atoms with Gasteiger partial charge in [0.2, 0.25) is 5.91 Å². The lowest BCUT2D eigenvalue weighted by atomic mass is 9.80. The molecule has 130 valence electrons. The highest BCUT2D eigenvalue weighted by atomic mass is 32.2. The van der Waals surface area contributed by atoms with Crippen LogP contribution < -0.4 is 5.73 Å². The molecule has 0 saturated carbocycles. The van der Waals surface area contributed by atoms with E-state index >= 15 is 0 Å². The summed E-state index contributed by atoms with van der Waals surface area (Å²) in [5, 5.41) is 6.09. The highest BCUT2D eigenvalue weighted by Crippen LogP contribution is 2.29. The molecular weight excluding hydrogens is 342 g/mol. The van der Waals surface area contributed by atoms with Gasteiger partial charge >= 0.3 is 0 Å². The molecule has 0 bridgehead atoms. The Kier molecular flexibility index (Phi) is 5.32. The average Bonchev–Trinajstić information content (AvgIpc) is 3.20. The number of amides is 1. The predicted molar refractivity (Wildman–Crippen MR) is 98.9 cm³/mol. The standard InChI is InChI=1S/C17H23N3O2S2/c1-17(2)11-20(6-5-15(17)18)16(21)10-23-9-12-8-13(22-19-12)14-4-3-7-24-14/h3-4,7-8,15H,5-6,9-11,18H2,1-2H3. The quantitative estimate of drug-likeness (QED) is 0.881. The van der Waals surface area contributed by atoms with Crippen molar-refractivity contribution in [3.63, 3.8) is 0 Å². The van der Waals surface area contributed by atoms with Gasteiger partial charge in [0.05, 0.1) is 16.3 Å². The number of thioether (sulfide) groups is 1. The average molecular weight is 366 g/mol. The third-order valence-corrected chi connectivity index (χ3v) is 6.30. The fourth-order valence-corrected chi connectivity index (χ4v) is 4.31. The van der Waals surface area contributed by atoms with Gasteiger partial charge in [-0.05, 0) is 23.3 Å². The van der Waals surface area contributed by atoms with Gasteiger partial charge in [-0.1, -0.05) is 25.1 Å². The number of carbonyl (C=O) groups excluding carboxylic acids is 1. The van der Waals surface area contributed by atoms with Crippen molar-refractivity contribution in [1.82, 2.24) is 10.1 Å². The molecule has 7 heteroatoms. The number of hydrogen-bond donors (Lipinski definition) is 1. The van der Waals surface area contributed by atoms with Gasteiger partial charge in [-0.25, -0.2) is 0 Å². The first kappa shape index (κ1) is 17.5. The van der Waals surface area contributed by atoms with Gasteiger partial charge in [0.1, 0.15) is 0 Å². The largest absolute Gasteiger partial charge is 0.355 e. The van der Waals surface area contributed by atoms with E-state index in [9.17, 15) is 4.79 Å². The molecule has 3 heterocycles. The third-order valence-electron chi connectivity index (χ3n) is 4.46. The number of nitrogens with two attached hydrogens (primary N) is 1. The number of hydrogen-bond acceptors (Lipinski definition) is 6. The highest BCUT2D eigenvalue weighted by Gasteiger charge is 2.35. The van der Waals surface area contributed by atoms with Crippen LogP contribution in [0, 0.1) is 5.41 Å². The van der Waals surface area contributed by atoms with Crippen molar-refractivity contribution >= 4 is 29.0 Å². The molecule has 1 fully saturated rings. The van der Waals surface area contributed by atoms with Gasteiger partial charge < -0.3 is 15.2 Å². The first-order valence-electron chi connectivity index (χ1n) is 8.06. The van der Waals surface area contributed by atoms with Gasteiger partial charge in [0.15, 0.2) is 5.76 Å². The second kappa shape index (κ2) is 7.29. The number of likely N-dealkylation sites (tertiary alicyclic amines) is 1. The smallest absolute Gasteiger partial charge is 0.232 e. The number of rotatable bonds is 5. The van der Waals surface area contributed by atoms with E-state index in [0.29, 0.717) is 11.5 Å². The minimum atomic E-state index is -0.0136. The van der Waals surface area contributed by atoms with Crippen molar-refractivity contribution in [1.29, 1.82) is 0 Å². The molecule has 3 rings (SSSR count). The summed E-state index contributed by atoms with van der Waals surface area (Å²) in [6.45, 7) is 5.76. The molecule has 1 aliphatic heterocycles. The minimum Gasteiger partial charge on any atom is -0.355 e. The molecule has 0 aromatic carbocycles. The lowest BCUT2D eigenvalue weighted by Crippen LogP contribution is -2.54. The molecule has 0 radical (unpaired) electrons. The summed E-state index contributed by atoms with van der Waals surface area (Å²) in [4.78, 5) is 15.4. The van der Waals surface area contributed by atoms with E-state index in [1.54, 1.807) is 23.1 Å². The Morgan fingerprint density at radius 2 is 2.42 bits per heavy atom. The fraction of sp³-hybridized carbons (Fsp3) is 0.529. The normalized spacial score (nSPS) is 20.3. The van der Waals surface area contributed by atoms with Crippen LogP contribution >= 0.6 is 23.1 Å². The Morgan fingerprint density at radius 1 is 1.58 bits per heavy atom. The molecule has 0 spiro atoms. The molecule has 1 unspecified atom stereocenters. The van der Waals surface area contributed by atoms with Crippen molar-refractivity contribution in [3.8, 4) is 10.6 Å². The number of aromatic nitrogens is 1. The van der Waals surface area contributed by atoms with E-state index in [2.05, 4.69) is 19.0 Å². The minimum absolute atomic E-state index is 0.0136. The van der Waals surface area contributed by atoms with E-state index < -0.39 is 0 Å². The van der Waals surface area contributed by atoms with Crippen LogP contribution in [0.3, 0.4) is 0 Å². The van der Waals surface area contributed by atoms with Gasteiger partial charge in [0, 0.05) is 31.0 Å². The molecule has 0 aliphatic carbocycles.